The number of aromatic nitrogens is 3. The molecule has 116 valence electrons. The first-order valence-electron chi connectivity index (χ1n) is 6.49. The predicted octanol–water partition coefficient (Wildman–Crippen LogP) is 3.80. The highest BCUT2D eigenvalue weighted by molar-refractivity contribution is 6.30. The molecule has 3 aromatic rings. The fraction of sp³-hybridized carbons (Fsp3) is 0.0667. The molecule has 2 aromatic heterocycles. The number of pyridine rings is 1. The van der Waals surface area contributed by atoms with E-state index in [1.807, 2.05) is 0 Å². The summed E-state index contributed by atoms with van der Waals surface area (Å²) in [6, 6.07) is 10.00. The van der Waals surface area contributed by atoms with Crippen LogP contribution in [-0.2, 0) is 11.3 Å². The van der Waals surface area contributed by atoms with Crippen molar-refractivity contribution in [2.45, 2.75) is 6.61 Å². The second kappa shape index (κ2) is 6.76. The molecule has 0 saturated carbocycles. The van der Waals surface area contributed by atoms with Gasteiger partial charge in [0.1, 0.15) is 5.15 Å². The number of ether oxygens (including phenoxy) is 1. The maximum atomic E-state index is 11.8. The van der Waals surface area contributed by atoms with Crippen LogP contribution in [0.5, 0.6) is 0 Å². The van der Waals surface area contributed by atoms with Crippen LogP contribution in [0.25, 0.3) is 11.4 Å². The van der Waals surface area contributed by atoms with Gasteiger partial charge in [0.25, 0.3) is 5.89 Å². The van der Waals surface area contributed by atoms with Gasteiger partial charge in [0.15, 0.2) is 6.61 Å². The van der Waals surface area contributed by atoms with E-state index in [-0.39, 0.29) is 18.1 Å². The molecule has 0 unspecified atom stereocenters. The highest BCUT2D eigenvalue weighted by Gasteiger charge is 2.12. The van der Waals surface area contributed by atoms with Gasteiger partial charge in [0.2, 0.25) is 5.82 Å². The first-order valence-corrected chi connectivity index (χ1v) is 7.24. The zero-order valence-electron chi connectivity index (χ0n) is 11.6. The Kier molecular flexibility index (Phi) is 4.55. The summed E-state index contributed by atoms with van der Waals surface area (Å²) < 4.78 is 10.1. The Bertz CT molecular complexity index is 817. The molecule has 6 nitrogen and oxygen atoms in total. The SMILES string of the molecule is O=C(OCc1nc(-c2ccc(Cl)cc2)no1)c1ccc(Cl)nc1. The second-order valence-corrected chi connectivity index (χ2v) is 5.29. The first-order chi connectivity index (χ1) is 11.1. The van der Waals surface area contributed by atoms with E-state index >= 15 is 0 Å². The van der Waals surface area contributed by atoms with Crippen molar-refractivity contribution in [1.29, 1.82) is 0 Å². The van der Waals surface area contributed by atoms with Gasteiger partial charge in [-0.25, -0.2) is 9.78 Å². The molecular formula is C15H9Cl2N3O3. The van der Waals surface area contributed by atoms with Gasteiger partial charge in [-0.2, -0.15) is 4.98 Å². The largest absolute Gasteiger partial charge is 0.452 e. The van der Waals surface area contributed by atoms with Crippen LogP contribution in [0, 0.1) is 0 Å². The molecular weight excluding hydrogens is 341 g/mol. The third-order valence-electron chi connectivity index (χ3n) is 2.86. The molecule has 0 radical (unpaired) electrons. The second-order valence-electron chi connectivity index (χ2n) is 4.46. The van der Waals surface area contributed by atoms with Crippen LogP contribution in [0.2, 0.25) is 10.2 Å². The third-order valence-corrected chi connectivity index (χ3v) is 3.34. The Labute approximate surface area is 141 Å². The lowest BCUT2D eigenvalue weighted by Gasteiger charge is -2.01. The number of carbonyl (C=O) groups is 1. The van der Waals surface area contributed by atoms with Gasteiger partial charge >= 0.3 is 5.97 Å². The van der Waals surface area contributed by atoms with Crippen LogP contribution in [-0.4, -0.2) is 21.1 Å². The summed E-state index contributed by atoms with van der Waals surface area (Å²) >= 11 is 11.5. The molecule has 0 saturated heterocycles. The lowest BCUT2D eigenvalue weighted by atomic mass is 10.2. The highest BCUT2D eigenvalue weighted by Crippen LogP contribution is 2.19. The van der Waals surface area contributed by atoms with E-state index < -0.39 is 5.97 Å². The van der Waals surface area contributed by atoms with Crippen molar-refractivity contribution in [3.8, 4) is 11.4 Å². The van der Waals surface area contributed by atoms with Crippen molar-refractivity contribution in [2.75, 3.05) is 0 Å². The zero-order chi connectivity index (χ0) is 16.2. The summed E-state index contributed by atoms with van der Waals surface area (Å²) in [5.74, 6) is 0.0199. The fourth-order valence-electron chi connectivity index (χ4n) is 1.74. The zero-order valence-corrected chi connectivity index (χ0v) is 13.1. The standard InChI is InChI=1S/C15H9Cl2N3O3/c16-11-4-1-9(2-5-11)14-19-13(23-20-14)8-22-15(21)10-3-6-12(17)18-7-10/h1-7H,8H2. The lowest BCUT2D eigenvalue weighted by Crippen LogP contribution is -2.05. The van der Waals surface area contributed by atoms with E-state index in [0.717, 1.165) is 5.56 Å². The van der Waals surface area contributed by atoms with E-state index in [4.69, 9.17) is 32.5 Å². The van der Waals surface area contributed by atoms with Crippen LogP contribution in [0.1, 0.15) is 16.2 Å². The number of esters is 1. The third kappa shape index (κ3) is 3.85. The van der Waals surface area contributed by atoms with Gasteiger partial charge in [0.05, 0.1) is 5.56 Å². The molecule has 0 atom stereocenters. The molecule has 0 bridgehead atoms. The van der Waals surface area contributed by atoms with Gasteiger partial charge in [-0.05, 0) is 36.4 Å². The van der Waals surface area contributed by atoms with Crippen molar-refractivity contribution >= 4 is 29.2 Å². The minimum Gasteiger partial charge on any atom is -0.452 e. The van der Waals surface area contributed by atoms with Crippen molar-refractivity contribution in [1.82, 2.24) is 15.1 Å². The van der Waals surface area contributed by atoms with Gasteiger partial charge < -0.3 is 9.26 Å². The monoisotopic (exact) mass is 349 g/mol. The molecule has 0 spiro atoms. The summed E-state index contributed by atoms with van der Waals surface area (Å²) in [7, 11) is 0. The van der Waals surface area contributed by atoms with E-state index in [9.17, 15) is 4.79 Å². The van der Waals surface area contributed by atoms with Crippen molar-refractivity contribution in [3.05, 3.63) is 64.2 Å². The first kappa shape index (κ1) is 15.5. The van der Waals surface area contributed by atoms with E-state index in [1.54, 1.807) is 24.3 Å². The summed E-state index contributed by atoms with van der Waals surface area (Å²) in [6.07, 6.45) is 1.33. The average Bonchev–Trinajstić information content (AvgIpc) is 3.03. The molecule has 3 rings (SSSR count). The Balaban J connectivity index is 1.64. The van der Waals surface area contributed by atoms with Crippen LogP contribution >= 0.6 is 23.2 Å². The lowest BCUT2D eigenvalue weighted by molar-refractivity contribution is 0.0429. The Hall–Kier alpha value is -2.44. The topological polar surface area (TPSA) is 78.1 Å². The summed E-state index contributed by atoms with van der Waals surface area (Å²) in [5, 5.41) is 4.74. The van der Waals surface area contributed by atoms with Crippen LogP contribution in [0.4, 0.5) is 0 Å². The molecule has 2 heterocycles. The molecule has 0 aliphatic rings. The number of nitrogens with zero attached hydrogens (tertiary/aromatic N) is 3. The van der Waals surface area contributed by atoms with Crippen molar-refractivity contribution < 1.29 is 14.1 Å². The molecule has 0 aliphatic carbocycles. The van der Waals surface area contributed by atoms with Crippen LogP contribution < -0.4 is 0 Å². The quantitative estimate of drug-likeness (QED) is 0.526. The molecule has 23 heavy (non-hydrogen) atoms. The Morgan fingerprint density at radius 2 is 1.91 bits per heavy atom. The summed E-state index contributed by atoms with van der Waals surface area (Å²) in [6.45, 7) is -0.137. The Morgan fingerprint density at radius 3 is 2.61 bits per heavy atom. The number of carbonyl (C=O) groups excluding carboxylic acids is 1. The van der Waals surface area contributed by atoms with Crippen LogP contribution in [0.3, 0.4) is 0 Å². The number of halogens is 2. The minimum atomic E-state index is -0.555. The molecule has 8 heteroatoms. The molecule has 0 aliphatic heterocycles. The molecule has 0 N–H and O–H groups in total. The van der Waals surface area contributed by atoms with Gasteiger partial charge in [-0.15, -0.1) is 0 Å². The van der Waals surface area contributed by atoms with Gasteiger partial charge in [-0.1, -0.05) is 28.4 Å². The number of hydrogen-bond acceptors (Lipinski definition) is 6. The van der Waals surface area contributed by atoms with E-state index in [2.05, 4.69) is 15.1 Å². The summed E-state index contributed by atoms with van der Waals surface area (Å²) in [5.41, 5.74) is 1.03. The Morgan fingerprint density at radius 1 is 1.13 bits per heavy atom. The smallest absolute Gasteiger partial charge is 0.340 e. The maximum absolute atomic E-state index is 11.8. The minimum absolute atomic E-state index is 0.137. The maximum Gasteiger partial charge on any atom is 0.340 e. The number of rotatable bonds is 4. The van der Waals surface area contributed by atoms with Crippen LogP contribution in [0.15, 0.2) is 47.1 Å². The van der Waals surface area contributed by atoms with Gasteiger partial charge in [-0.3, -0.25) is 0 Å². The highest BCUT2D eigenvalue weighted by atomic mass is 35.5. The van der Waals surface area contributed by atoms with Crippen molar-refractivity contribution in [3.63, 3.8) is 0 Å². The normalized spacial score (nSPS) is 10.5. The number of benzene rings is 1. The number of hydrogen-bond donors (Lipinski definition) is 0. The van der Waals surface area contributed by atoms with E-state index in [0.29, 0.717) is 16.0 Å². The summed E-state index contributed by atoms with van der Waals surface area (Å²) in [4.78, 5) is 19.8. The van der Waals surface area contributed by atoms with Crippen molar-refractivity contribution in [2.24, 2.45) is 0 Å². The fourth-order valence-corrected chi connectivity index (χ4v) is 1.97. The molecule has 1 aromatic carbocycles. The predicted molar refractivity (Wildman–Crippen MR) is 83.1 cm³/mol. The molecule has 0 fully saturated rings. The van der Waals surface area contributed by atoms with Gasteiger partial charge in [0, 0.05) is 16.8 Å². The van der Waals surface area contributed by atoms with E-state index in [1.165, 1.54) is 18.3 Å². The molecule has 0 amide bonds. The average molecular weight is 350 g/mol.